The van der Waals surface area contributed by atoms with Crippen LogP contribution in [-0.4, -0.2) is 33.8 Å². The molecule has 0 aromatic carbocycles. The van der Waals surface area contributed by atoms with Crippen LogP contribution in [-0.2, 0) is 10.0 Å². The highest BCUT2D eigenvalue weighted by atomic mass is 32.2. The van der Waals surface area contributed by atoms with E-state index in [-0.39, 0.29) is 5.75 Å². The first-order chi connectivity index (χ1) is 8.58. The van der Waals surface area contributed by atoms with Gasteiger partial charge in [-0.25, -0.2) is 13.1 Å². The first-order valence-corrected chi connectivity index (χ1v) is 8.91. The third-order valence-electron chi connectivity index (χ3n) is 4.17. The van der Waals surface area contributed by atoms with E-state index in [9.17, 15) is 8.42 Å². The van der Waals surface area contributed by atoms with Crippen molar-refractivity contribution in [3.05, 3.63) is 0 Å². The quantitative estimate of drug-likeness (QED) is 0.593. The highest BCUT2D eigenvalue weighted by Gasteiger charge is 2.53. The van der Waals surface area contributed by atoms with E-state index in [2.05, 4.69) is 17.0 Å². The number of sulfonamides is 1. The fourth-order valence-electron chi connectivity index (χ4n) is 2.60. The summed E-state index contributed by atoms with van der Waals surface area (Å²) in [5, 5.41) is 3.23. The molecule has 106 valence electrons. The molecule has 2 saturated carbocycles. The molecule has 18 heavy (non-hydrogen) atoms. The van der Waals surface area contributed by atoms with Crippen molar-refractivity contribution in [1.82, 2.24) is 10.0 Å². The Hall–Kier alpha value is -0.130. The van der Waals surface area contributed by atoms with Gasteiger partial charge in [-0.3, -0.25) is 0 Å². The lowest BCUT2D eigenvalue weighted by molar-refractivity contribution is 0.431. The molecule has 2 aliphatic carbocycles. The first-order valence-electron chi connectivity index (χ1n) is 7.26. The van der Waals surface area contributed by atoms with Crippen molar-refractivity contribution in [3.8, 4) is 0 Å². The molecule has 0 aromatic heterocycles. The summed E-state index contributed by atoms with van der Waals surface area (Å²) in [7, 11) is -3.06. The lowest BCUT2D eigenvalue weighted by Gasteiger charge is -2.15. The first kappa shape index (κ1) is 14.3. The van der Waals surface area contributed by atoms with E-state index >= 15 is 0 Å². The summed E-state index contributed by atoms with van der Waals surface area (Å²) in [5.41, 5.74) is 0.355. The average Bonchev–Trinajstić information content (AvgIpc) is 3.16. The predicted octanol–water partition coefficient (Wildman–Crippen LogP) is 1.49. The second kappa shape index (κ2) is 5.88. The molecule has 0 aliphatic heterocycles. The lowest BCUT2D eigenvalue weighted by atomic mass is 10.0. The van der Waals surface area contributed by atoms with Crippen molar-refractivity contribution in [3.63, 3.8) is 0 Å². The molecule has 2 rings (SSSR count). The Balaban J connectivity index is 1.61. The summed E-state index contributed by atoms with van der Waals surface area (Å²) < 4.78 is 26.5. The van der Waals surface area contributed by atoms with Crippen LogP contribution in [0, 0.1) is 11.3 Å². The molecule has 2 aliphatic rings. The fraction of sp³-hybridized carbons (Fsp3) is 1.00. The Morgan fingerprint density at radius 3 is 2.50 bits per heavy atom. The average molecular weight is 274 g/mol. The topological polar surface area (TPSA) is 58.2 Å². The van der Waals surface area contributed by atoms with Crippen LogP contribution in [0.1, 0.15) is 45.4 Å². The SMILES string of the molecule is CCCNCCCS(=O)(=O)NCC1(C2CC2)CC1. The normalized spacial score (nSPS) is 22.1. The maximum atomic E-state index is 11.8. The van der Waals surface area contributed by atoms with E-state index in [1.165, 1.54) is 25.7 Å². The van der Waals surface area contributed by atoms with Gasteiger partial charge in [0.15, 0.2) is 0 Å². The predicted molar refractivity (Wildman–Crippen MR) is 74.0 cm³/mol. The number of rotatable bonds is 10. The summed E-state index contributed by atoms with van der Waals surface area (Å²) in [6.45, 7) is 4.56. The molecule has 0 atom stereocenters. The Morgan fingerprint density at radius 2 is 1.94 bits per heavy atom. The zero-order valence-electron chi connectivity index (χ0n) is 11.4. The minimum Gasteiger partial charge on any atom is -0.317 e. The van der Waals surface area contributed by atoms with Gasteiger partial charge in [0, 0.05) is 6.54 Å². The third kappa shape index (κ3) is 4.21. The molecular formula is C13H26N2O2S. The second-order valence-corrected chi connectivity index (χ2v) is 7.81. The van der Waals surface area contributed by atoms with Gasteiger partial charge in [-0.05, 0) is 62.9 Å². The molecule has 0 spiro atoms. The maximum Gasteiger partial charge on any atom is 0.211 e. The van der Waals surface area contributed by atoms with E-state index in [1.54, 1.807) is 0 Å². The molecule has 2 N–H and O–H groups in total. The van der Waals surface area contributed by atoms with Crippen LogP contribution in [0.2, 0.25) is 0 Å². The Bertz CT molecular complexity index is 359. The molecular weight excluding hydrogens is 248 g/mol. The largest absolute Gasteiger partial charge is 0.317 e. The van der Waals surface area contributed by atoms with Gasteiger partial charge in [-0.2, -0.15) is 0 Å². The number of hydrogen-bond donors (Lipinski definition) is 2. The van der Waals surface area contributed by atoms with Crippen LogP contribution in [0.3, 0.4) is 0 Å². The van der Waals surface area contributed by atoms with Gasteiger partial charge in [0.25, 0.3) is 0 Å². The molecule has 4 nitrogen and oxygen atoms in total. The standard InChI is InChI=1S/C13H26N2O2S/c1-2-8-14-9-3-10-18(16,17)15-11-13(6-7-13)12-4-5-12/h12,14-15H,2-11H2,1H3. The van der Waals surface area contributed by atoms with E-state index in [4.69, 9.17) is 0 Å². The number of nitrogens with one attached hydrogen (secondary N) is 2. The molecule has 0 amide bonds. The van der Waals surface area contributed by atoms with Crippen molar-refractivity contribution >= 4 is 10.0 Å². The Kier molecular flexibility index (Phi) is 4.67. The van der Waals surface area contributed by atoms with Gasteiger partial charge < -0.3 is 5.32 Å². The zero-order valence-corrected chi connectivity index (χ0v) is 12.2. The van der Waals surface area contributed by atoms with Crippen molar-refractivity contribution in [1.29, 1.82) is 0 Å². The van der Waals surface area contributed by atoms with Gasteiger partial charge in [0.1, 0.15) is 0 Å². The number of hydrogen-bond acceptors (Lipinski definition) is 3. The highest BCUT2D eigenvalue weighted by Crippen LogP contribution is 2.60. The van der Waals surface area contributed by atoms with E-state index < -0.39 is 10.0 Å². The van der Waals surface area contributed by atoms with E-state index in [0.717, 1.165) is 25.4 Å². The monoisotopic (exact) mass is 274 g/mol. The minimum absolute atomic E-state index is 0.254. The van der Waals surface area contributed by atoms with Crippen LogP contribution in [0.5, 0.6) is 0 Å². The molecule has 0 heterocycles. The van der Waals surface area contributed by atoms with Gasteiger partial charge in [0.05, 0.1) is 5.75 Å². The van der Waals surface area contributed by atoms with Crippen LogP contribution >= 0.6 is 0 Å². The van der Waals surface area contributed by atoms with E-state index in [0.29, 0.717) is 18.4 Å². The van der Waals surface area contributed by atoms with E-state index in [1.807, 2.05) is 0 Å². The van der Waals surface area contributed by atoms with Crippen molar-refractivity contribution < 1.29 is 8.42 Å². The highest BCUT2D eigenvalue weighted by molar-refractivity contribution is 7.89. The molecule has 0 bridgehead atoms. The summed E-state index contributed by atoms with van der Waals surface area (Å²) >= 11 is 0. The molecule has 5 heteroatoms. The van der Waals surface area contributed by atoms with Crippen LogP contribution in [0.25, 0.3) is 0 Å². The van der Waals surface area contributed by atoms with Gasteiger partial charge >= 0.3 is 0 Å². The summed E-state index contributed by atoms with van der Waals surface area (Å²) in [5.74, 6) is 1.07. The summed E-state index contributed by atoms with van der Waals surface area (Å²) in [6.07, 6.45) is 6.85. The van der Waals surface area contributed by atoms with Gasteiger partial charge in [-0.15, -0.1) is 0 Å². The molecule has 0 aromatic rings. The minimum atomic E-state index is -3.06. The smallest absolute Gasteiger partial charge is 0.211 e. The summed E-state index contributed by atoms with van der Waals surface area (Å²) in [6, 6.07) is 0. The Labute approximate surface area is 111 Å². The van der Waals surface area contributed by atoms with Crippen LogP contribution < -0.4 is 10.0 Å². The maximum absolute atomic E-state index is 11.8. The van der Waals surface area contributed by atoms with Crippen molar-refractivity contribution in [2.45, 2.75) is 45.4 Å². The Morgan fingerprint density at radius 1 is 1.22 bits per heavy atom. The van der Waals surface area contributed by atoms with Gasteiger partial charge in [0.2, 0.25) is 10.0 Å². The molecule has 0 saturated heterocycles. The molecule has 0 unspecified atom stereocenters. The van der Waals surface area contributed by atoms with Crippen molar-refractivity contribution in [2.24, 2.45) is 11.3 Å². The zero-order chi connectivity index (χ0) is 13.1. The summed E-state index contributed by atoms with van der Waals surface area (Å²) in [4.78, 5) is 0. The van der Waals surface area contributed by atoms with Crippen molar-refractivity contribution in [2.75, 3.05) is 25.4 Å². The third-order valence-corrected chi connectivity index (χ3v) is 5.58. The molecule has 0 radical (unpaired) electrons. The van der Waals surface area contributed by atoms with Crippen LogP contribution in [0.4, 0.5) is 0 Å². The van der Waals surface area contributed by atoms with Crippen LogP contribution in [0.15, 0.2) is 0 Å². The molecule has 2 fully saturated rings. The second-order valence-electron chi connectivity index (χ2n) is 5.88. The lowest BCUT2D eigenvalue weighted by Crippen LogP contribution is -2.33. The fourth-order valence-corrected chi connectivity index (χ4v) is 3.78. The van der Waals surface area contributed by atoms with Gasteiger partial charge in [-0.1, -0.05) is 6.92 Å².